The van der Waals surface area contributed by atoms with Gasteiger partial charge < -0.3 is 0 Å². The SMILES string of the molecule is Cc1cc2c(-n3cc(Cl)cn3)nc(NN)nc2s1. The fourth-order valence-electron chi connectivity index (χ4n) is 1.68. The first-order chi connectivity index (χ1) is 8.67. The van der Waals surface area contributed by atoms with E-state index in [0.29, 0.717) is 16.8 Å². The van der Waals surface area contributed by atoms with Crippen molar-refractivity contribution in [3.05, 3.63) is 28.4 Å². The summed E-state index contributed by atoms with van der Waals surface area (Å²) in [6.45, 7) is 2.02. The molecule has 92 valence electrons. The number of hydrogen-bond donors (Lipinski definition) is 2. The Labute approximate surface area is 111 Å². The molecule has 0 atom stereocenters. The maximum Gasteiger partial charge on any atom is 0.240 e. The van der Waals surface area contributed by atoms with Crippen molar-refractivity contribution in [3.8, 4) is 5.82 Å². The number of aromatic nitrogens is 4. The zero-order chi connectivity index (χ0) is 12.7. The molecule has 0 fully saturated rings. The van der Waals surface area contributed by atoms with Gasteiger partial charge in [0.05, 0.1) is 22.8 Å². The number of nitrogen functional groups attached to an aromatic ring is 1. The average molecular weight is 281 g/mol. The highest BCUT2D eigenvalue weighted by Gasteiger charge is 2.12. The van der Waals surface area contributed by atoms with Gasteiger partial charge in [-0.3, -0.25) is 5.43 Å². The van der Waals surface area contributed by atoms with Crippen LogP contribution >= 0.6 is 22.9 Å². The van der Waals surface area contributed by atoms with Crippen LogP contribution in [-0.4, -0.2) is 19.7 Å². The van der Waals surface area contributed by atoms with Crippen LogP contribution in [-0.2, 0) is 0 Å². The van der Waals surface area contributed by atoms with Gasteiger partial charge in [0.2, 0.25) is 5.95 Å². The molecule has 0 unspecified atom stereocenters. The van der Waals surface area contributed by atoms with E-state index in [-0.39, 0.29) is 0 Å². The van der Waals surface area contributed by atoms with Crippen molar-refractivity contribution in [3.63, 3.8) is 0 Å². The van der Waals surface area contributed by atoms with E-state index in [2.05, 4.69) is 20.5 Å². The average Bonchev–Trinajstić information content (AvgIpc) is 2.92. The Bertz CT molecular complexity index is 718. The lowest BCUT2D eigenvalue weighted by Crippen LogP contribution is -2.12. The summed E-state index contributed by atoms with van der Waals surface area (Å²) in [4.78, 5) is 10.6. The Hall–Kier alpha value is -1.70. The molecule has 0 bridgehead atoms. The fraction of sp³-hybridized carbons (Fsp3) is 0.100. The lowest BCUT2D eigenvalue weighted by Gasteiger charge is -2.04. The lowest BCUT2D eigenvalue weighted by atomic mass is 10.3. The van der Waals surface area contributed by atoms with E-state index in [1.807, 2.05) is 13.0 Å². The van der Waals surface area contributed by atoms with E-state index in [4.69, 9.17) is 17.4 Å². The van der Waals surface area contributed by atoms with Crippen molar-refractivity contribution < 1.29 is 0 Å². The van der Waals surface area contributed by atoms with Crippen LogP contribution in [0.4, 0.5) is 5.95 Å². The molecule has 0 radical (unpaired) electrons. The van der Waals surface area contributed by atoms with Crippen molar-refractivity contribution >= 4 is 39.1 Å². The summed E-state index contributed by atoms with van der Waals surface area (Å²) in [5.74, 6) is 6.38. The van der Waals surface area contributed by atoms with E-state index >= 15 is 0 Å². The molecular formula is C10H9ClN6S. The second kappa shape index (κ2) is 4.20. The predicted octanol–water partition coefficient (Wildman–Crippen LogP) is 2.12. The quantitative estimate of drug-likeness (QED) is 0.555. The molecule has 0 aliphatic heterocycles. The van der Waals surface area contributed by atoms with Gasteiger partial charge in [0.1, 0.15) is 4.83 Å². The summed E-state index contributed by atoms with van der Waals surface area (Å²) >= 11 is 7.45. The Morgan fingerprint density at radius 2 is 2.28 bits per heavy atom. The van der Waals surface area contributed by atoms with Gasteiger partial charge in [-0.25, -0.2) is 15.5 Å². The number of rotatable bonds is 2. The molecule has 3 rings (SSSR count). The van der Waals surface area contributed by atoms with Gasteiger partial charge in [-0.2, -0.15) is 10.1 Å². The van der Waals surface area contributed by atoms with Gasteiger partial charge in [-0.1, -0.05) is 11.6 Å². The first-order valence-electron chi connectivity index (χ1n) is 5.13. The Morgan fingerprint density at radius 3 is 2.94 bits per heavy atom. The molecule has 0 aliphatic carbocycles. The number of halogens is 1. The normalized spacial score (nSPS) is 11.1. The van der Waals surface area contributed by atoms with Crippen molar-refractivity contribution in [2.45, 2.75) is 6.92 Å². The van der Waals surface area contributed by atoms with E-state index in [9.17, 15) is 0 Å². The van der Waals surface area contributed by atoms with Gasteiger partial charge in [-0.15, -0.1) is 11.3 Å². The first-order valence-corrected chi connectivity index (χ1v) is 6.32. The minimum absolute atomic E-state index is 0.353. The molecular weight excluding hydrogens is 272 g/mol. The summed E-state index contributed by atoms with van der Waals surface area (Å²) < 4.78 is 1.61. The standard InChI is InChI=1S/C10H9ClN6S/c1-5-2-7-8(17-4-6(11)3-13-17)14-10(16-12)15-9(7)18-5/h2-4H,12H2,1H3,(H,14,15,16). The van der Waals surface area contributed by atoms with Crippen molar-refractivity contribution in [1.82, 2.24) is 19.7 Å². The molecule has 18 heavy (non-hydrogen) atoms. The third-order valence-electron chi connectivity index (χ3n) is 2.39. The summed E-state index contributed by atoms with van der Waals surface area (Å²) in [7, 11) is 0. The molecule has 3 heterocycles. The van der Waals surface area contributed by atoms with Crippen LogP contribution < -0.4 is 11.3 Å². The minimum atomic E-state index is 0.353. The monoisotopic (exact) mass is 280 g/mol. The molecule has 8 heteroatoms. The van der Waals surface area contributed by atoms with Crippen molar-refractivity contribution in [2.24, 2.45) is 5.84 Å². The van der Waals surface area contributed by atoms with Gasteiger partial charge in [-0.05, 0) is 13.0 Å². The Morgan fingerprint density at radius 1 is 1.44 bits per heavy atom. The number of nitrogens with zero attached hydrogens (tertiary/aromatic N) is 4. The summed E-state index contributed by atoms with van der Waals surface area (Å²) in [5, 5.41) is 5.63. The van der Waals surface area contributed by atoms with E-state index in [1.165, 1.54) is 0 Å². The summed E-state index contributed by atoms with van der Waals surface area (Å²) in [6.07, 6.45) is 3.25. The molecule has 0 spiro atoms. The number of hydrogen-bond acceptors (Lipinski definition) is 6. The number of hydrazine groups is 1. The van der Waals surface area contributed by atoms with Gasteiger partial charge >= 0.3 is 0 Å². The number of nitrogens with two attached hydrogens (primary N) is 1. The third kappa shape index (κ3) is 1.82. The Balaban J connectivity index is 2.31. The minimum Gasteiger partial charge on any atom is -0.292 e. The molecule has 6 nitrogen and oxygen atoms in total. The van der Waals surface area contributed by atoms with Gasteiger partial charge in [0.15, 0.2) is 5.82 Å². The maximum atomic E-state index is 5.88. The first kappa shape index (κ1) is 11.4. The largest absolute Gasteiger partial charge is 0.292 e. The molecule has 3 aromatic rings. The van der Waals surface area contributed by atoms with Crippen LogP contribution in [0.15, 0.2) is 18.5 Å². The van der Waals surface area contributed by atoms with Crippen LogP contribution in [0.3, 0.4) is 0 Å². The van der Waals surface area contributed by atoms with Crippen LogP contribution in [0.5, 0.6) is 0 Å². The second-order valence-electron chi connectivity index (χ2n) is 3.69. The van der Waals surface area contributed by atoms with E-state index in [1.54, 1.807) is 28.4 Å². The summed E-state index contributed by atoms with van der Waals surface area (Å²) in [5.41, 5.74) is 2.46. The fourth-order valence-corrected chi connectivity index (χ4v) is 2.69. The molecule has 3 N–H and O–H groups in total. The van der Waals surface area contributed by atoms with Crippen molar-refractivity contribution in [2.75, 3.05) is 5.43 Å². The molecule has 0 amide bonds. The number of aryl methyl sites for hydroxylation is 1. The van der Waals surface area contributed by atoms with Gasteiger partial charge in [0, 0.05) is 4.88 Å². The van der Waals surface area contributed by atoms with Gasteiger partial charge in [0.25, 0.3) is 0 Å². The maximum absolute atomic E-state index is 5.88. The molecule has 0 aliphatic rings. The topological polar surface area (TPSA) is 81.7 Å². The zero-order valence-electron chi connectivity index (χ0n) is 9.38. The summed E-state index contributed by atoms with van der Waals surface area (Å²) in [6, 6.07) is 2.02. The molecule has 0 aromatic carbocycles. The highest BCUT2D eigenvalue weighted by atomic mass is 35.5. The lowest BCUT2D eigenvalue weighted by molar-refractivity contribution is 0.852. The molecule has 0 saturated carbocycles. The number of nitrogens with one attached hydrogen (secondary N) is 1. The zero-order valence-corrected chi connectivity index (χ0v) is 11.0. The number of fused-ring (bicyclic) bond motifs is 1. The third-order valence-corrected chi connectivity index (χ3v) is 3.53. The highest BCUT2D eigenvalue weighted by Crippen LogP contribution is 2.28. The van der Waals surface area contributed by atoms with Crippen LogP contribution in [0, 0.1) is 6.92 Å². The van der Waals surface area contributed by atoms with Crippen LogP contribution in [0.2, 0.25) is 5.02 Å². The number of anilines is 1. The number of thiophene rings is 1. The highest BCUT2D eigenvalue weighted by molar-refractivity contribution is 7.18. The van der Waals surface area contributed by atoms with E-state index in [0.717, 1.165) is 15.1 Å². The van der Waals surface area contributed by atoms with Crippen LogP contribution in [0.25, 0.3) is 16.0 Å². The van der Waals surface area contributed by atoms with Crippen LogP contribution in [0.1, 0.15) is 4.88 Å². The Kier molecular flexibility index (Phi) is 2.66. The molecule has 3 aromatic heterocycles. The van der Waals surface area contributed by atoms with E-state index < -0.39 is 0 Å². The molecule has 0 saturated heterocycles. The van der Waals surface area contributed by atoms with Crippen molar-refractivity contribution in [1.29, 1.82) is 0 Å². The smallest absolute Gasteiger partial charge is 0.240 e. The predicted molar refractivity (Wildman–Crippen MR) is 72.1 cm³/mol. The second-order valence-corrected chi connectivity index (χ2v) is 5.37.